The van der Waals surface area contributed by atoms with Gasteiger partial charge in [0.15, 0.2) is 11.6 Å². The fourth-order valence-corrected chi connectivity index (χ4v) is 1.27. The van der Waals surface area contributed by atoms with E-state index in [0.717, 1.165) is 17.0 Å². The van der Waals surface area contributed by atoms with Crippen LogP contribution in [-0.2, 0) is 16.1 Å². The van der Waals surface area contributed by atoms with Gasteiger partial charge in [0.2, 0.25) is 6.29 Å². The van der Waals surface area contributed by atoms with Crippen LogP contribution in [0.1, 0.15) is 5.56 Å². The molecule has 0 saturated heterocycles. The van der Waals surface area contributed by atoms with Crippen LogP contribution in [0.3, 0.4) is 0 Å². The molecule has 0 unspecified atom stereocenters. The molecule has 0 atom stereocenters. The van der Waals surface area contributed by atoms with Gasteiger partial charge in [-0.1, -0.05) is 0 Å². The molecule has 0 spiro atoms. The van der Waals surface area contributed by atoms with E-state index < -0.39 is 17.5 Å². The highest BCUT2D eigenvalue weighted by atomic mass is 19.1. The zero-order chi connectivity index (χ0) is 13.0. The molecule has 6 heteroatoms. The summed E-state index contributed by atoms with van der Waals surface area (Å²) in [5.41, 5.74) is -0.0269. The maximum atomic E-state index is 13.5. The van der Waals surface area contributed by atoms with E-state index in [-0.39, 0.29) is 24.1 Å². The van der Waals surface area contributed by atoms with Gasteiger partial charge in [-0.25, -0.2) is 8.78 Å². The first-order chi connectivity index (χ1) is 7.99. The number of likely N-dealkylation sites (N-methyl/N-ethyl adjacent to an activating group) is 1. The Morgan fingerprint density at radius 2 is 2.06 bits per heavy atom. The van der Waals surface area contributed by atoms with Crippen LogP contribution in [0.2, 0.25) is 0 Å². The molecule has 0 saturated carbocycles. The molecular formula is C11H11F2NO3. The molecule has 0 aliphatic heterocycles. The summed E-state index contributed by atoms with van der Waals surface area (Å²) in [4.78, 5) is 22.1. The number of halogens is 2. The molecule has 1 aromatic rings. The van der Waals surface area contributed by atoms with Crippen molar-refractivity contribution in [2.45, 2.75) is 6.54 Å². The third-order valence-electron chi connectivity index (χ3n) is 2.21. The Morgan fingerprint density at radius 1 is 1.41 bits per heavy atom. The quantitative estimate of drug-likeness (QED) is 0.588. The highest BCUT2D eigenvalue weighted by molar-refractivity contribution is 6.23. The number of ether oxygens (including phenoxy) is 1. The van der Waals surface area contributed by atoms with Crippen molar-refractivity contribution in [1.29, 1.82) is 0 Å². The van der Waals surface area contributed by atoms with Crippen LogP contribution < -0.4 is 4.74 Å². The van der Waals surface area contributed by atoms with Crippen molar-refractivity contribution in [3.63, 3.8) is 0 Å². The van der Waals surface area contributed by atoms with Crippen molar-refractivity contribution in [2.75, 3.05) is 14.2 Å². The van der Waals surface area contributed by atoms with Crippen LogP contribution in [0.25, 0.3) is 0 Å². The SMILES string of the molecule is COc1cc(F)c(CN(C)C(=O)C=O)cc1F. The summed E-state index contributed by atoms with van der Waals surface area (Å²) < 4.78 is 31.4. The number of methoxy groups -OCH3 is 1. The molecule has 0 aromatic heterocycles. The summed E-state index contributed by atoms with van der Waals surface area (Å²) >= 11 is 0. The lowest BCUT2D eigenvalue weighted by Gasteiger charge is -2.15. The Bertz CT molecular complexity index is 449. The zero-order valence-electron chi connectivity index (χ0n) is 9.37. The molecule has 1 amide bonds. The van der Waals surface area contributed by atoms with Gasteiger partial charge in [-0.2, -0.15) is 0 Å². The van der Waals surface area contributed by atoms with Gasteiger partial charge in [0.25, 0.3) is 5.91 Å². The van der Waals surface area contributed by atoms with Crippen molar-refractivity contribution in [2.24, 2.45) is 0 Å². The van der Waals surface area contributed by atoms with Gasteiger partial charge >= 0.3 is 0 Å². The summed E-state index contributed by atoms with van der Waals surface area (Å²) in [6.45, 7) is -0.190. The van der Waals surface area contributed by atoms with E-state index in [1.54, 1.807) is 0 Å². The Labute approximate surface area is 96.8 Å². The second-order valence-corrected chi connectivity index (χ2v) is 3.39. The summed E-state index contributed by atoms with van der Waals surface area (Å²) in [6, 6.07) is 1.83. The number of rotatable bonds is 4. The molecule has 0 bridgehead atoms. The van der Waals surface area contributed by atoms with Gasteiger partial charge in [0, 0.05) is 25.2 Å². The molecule has 4 nitrogen and oxygen atoms in total. The van der Waals surface area contributed by atoms with E-state index in [1.165, 1.54) is 14.2 Å². The van der Waals surface area contributed by atoms with E-state index in [2.05, 4.69) is 4.74 Å². The lowest BCUT2D eigenvalue weighted by molar-refractivity contribution is -0.138. The lowest BCUT2D eigenvalue weighted by atomic mass is 10.2. The second kappa shape index (κ2) is 5.38. The van der Waals surface area contributed by atoms with Crippen LogP contribution in [0.4, 0.5) is 8.78 Å². The van der Waals surface area contributed by atoms with E-state index in [4.69, 9.17) is 0 Å². The van der Waals surface area contributed by atoms with Gasteiger partial charge in [-0.05, 0) is 6.07 Å². The molecule has 1 rings (SSSR count). The number of nitrogens with zero attached hydrogens (tertiary/aromatic N) is 1. The van der Waals surface area contributed by atoms with Crippen LogP contribution in [0.5, 0.6) is 5.75 Å². The van der Waals surface area contributed by atoms with E-state index in [9.17, 15) is 18.4 Å². The minimum atomic E-state index is -0.805. The van der Waals surface area contributed by atoms with Gasteiger partial charge in [-0.15, -0.1) is 0 Å². The number of carbonyl (C=O) groups excluding carboxylic acids is 2. The summed E-state index contributed by atoms with van der Waals surface area (Å²) in [7, 11) is 2.54. The molecule has 92 valence electrons. The van der Waals surface area contributed by atoms with E-state index >= 15 is 0 Å². The normalized spacial score (nSPS) is 9.88. The minimum absolute atomic E-state index is 0.0269. The fourth-order valence-electron chi connectivity index (χ4n) is 1.27. The van der Waals surface area contributed by atoms with Gasteiger partial charge in [-0.3, -0.25) is 9.59 Å². The molecule has 0 aliphatic carbocycles. The maximum absolute atomic E-state index is 13.5. The average Bonchev–Trinajstić information content (AvgIpc) is 2.32. The van der Waals surface area contributed by atoms with Crippen molar-refractivity contribution >= 4 is 12.2 Å². The fraction of sp³-hybridized carbons (Fsp3) is 0.273. The lowest BCUT2D eigenvalue weighted by Crippen LogP contribution is -2.27. The minimum Gasteiger partial charge on any atom is -0.494 e. The first kappa shape index (κ1) is 13.1. The summed E-state index contributed by atoms with van der Waals surface area (Å²) in [5.74, 6) is -2.44. The number of hydrogen-bond donors (Lipinski definition) is 0. The Hall–Kier alpha value is -1.98. The largest absolute Gasteiger partial charge is 0.494 e. The monoisotopic (exact) mass is 243 g/mol. The summed E-state index contributed by atoms with van der Waals surface area (Å²) in [5, 5.41) is 0. The van der Waals surface area contributed by atoms with Gasteiger partial charge < -0.3 is 9.64 Å². The maximum Gasteiger partial charge on any atom is 0.286 e. The van der Waals surface area contributed by atoms with Crippen molar-refractivity contribution in [3.05, 3.63) is 29.3 Å². The topological polar surface area (TPSA) is 46.6 Å². The Kier molecular flexibility index (Phi) is 4.14. The highest BCUT2D eigenvalue weighted by Crippen LogP contribution is 2.21. The standard InChI is InChI=1S/C11H11F2NO3/c1-14(11(16)6-15)5-7-3-9(13)10(17-2)4-8(7)12/h3-4,6H,5H2,1-2H3. The summed E-state index contributed by atoms with van der Waals surface area (Å²) in [6.07, 6.45) is 0.109. The highest BCUT2D eigenvalue weighted by Gasteiger charge is 2.14. The van der Waals surface area contributed by atoms with Crippen molar-refractivity contribution in [1.82, 2.24) is 4.90 Å². The van der Waals surface area contributed by atoms with Crippen molar-refractivity contribution < 1.29 is 23.1 Å². The Morgan fingerprint density at radius 3 is 2.59 bits per heavy atom. The van der Waals surface area contributed by atoms with Crippen molar-refractivity contribution in [3.8, 4) is 5.75 Å². The number of carbonyl (C=O) groups is 2. The first-order valence-electron chi connectivity index (χ1n) is 4.71. The van der Waals surface area contributed by atoms with E-state index in [0.29, 0.717) is 0 Å². The number of hydrogen-bond acceptors (Lipinski definition) is 3. The number of benzene rings is 1. The molecule has 1 aromatic carbocycles. The van der Waals surface area contributed by atoms with Crippen LogP contribution in [-0.4, -0.2) is 31.3 Å². The molecule has 0 aliphatic rings. The zero-order valence-corrected chi connectivity index (χ0v) is 9.37. The smallest absolute Gasteiger partial charge is 0.286 e. The molecule has 0 fully saturated rings. The second-order valence-electron chi connectivity index (χ2n) is 3.39. The predicted molar refractivity (Wildman–Crippen MR) is 55.4 cm³/mol. The molecular weight excluding hydrogens is 232 g/mol. The molecule has 17 heavy (non-hydrogen) atoms. The van der Waals surface area contributed by atoms with Crippen LogP contribution in [0, 0.1) is 11.6 Å². The van der Waals surface area contributed by atoms with Crippen LogP contribution in [0.15, 0.2) is 12.1 Å². The van der Waals surface area contributed by atoms with Crippen LogP contribution >= 0.6 is 0 Å². The Balaban J connectivity index is 2.96. The average molecular weight is 243 g/mol. The number of amides is 1. The predicted octanol–water partition coefficient (Wildman–Crippen LogP) is 1.13. The third-order valence-corrected chi connectivity index (χ3v) is 2.21. The van der Waals surface area contributed by atoms with Gasteiger partial charge in [0.05, 0.1) is 7.11 Å². The van der Waals surface area contributed by atoms with E-state index in [1.807, 2.05) is 0 Å². The number of aldehydes is 1. The first-order valence-corrected chi connectivity index (χ1v) is 4.71. The third kappa shape index (κ3) is 2.99. The van der Waals surface area contributed by atoms with Gasteiger partial charge in [0.1, 0.15) is 5.82 Å². The molecule has 0 heterocycles. The molecule has 0 N–H and O–H groups in total. The molecule has 0 radical (unpaired) electrons.